The Bertz CT molecular complexity index is 852. The average Bonchev–Trinajstić information content (AvgIpc) is 3.06. The van der Waals surface area contributed by atoms with Gasteiger partial charge in [0.1, 0.15) is 5.60 Å². The van der Waals surface area contributed by atoms with Crippen LogP contribution in [0.15, 0.2) is 23.8 Å². The number of hydrogen-bond donors (Lipinski definition) is 1. The summed E-state index contributed by atoms with van der Waals surface area (Å²) in [5.74, 6) is 0.0851. The highest BCUT2D eigenvalue weighted by Crippen LogP contribution is 2.40. The molecule has 4 rings (SSSR count). The van der Waals surface area contributed by atoms with E-state index in [0.717, 1.165) is 24.0 Å². The van der Waals surface area contributed by atoms with Crippen LogP contribution in [0.4, 0.5) is 0 Å². The Morgan fingerprint density at radius 1 is 1.13 bits per heavy atom. The van der Waals surface area contributed by atoms with E-state index in [0.29, 0.717) is 0 Å². The summed E-state index contributed by atoms with van der Waals surface area (Å²) in [6.07, 6.45) is 5.53. The van der Waals surface area contributed by atoms with Gasteiger partial charge >= 0.3 is 0 Å². The average molecular weight is 309 g/mol. The van der Waals surface area contributed by atoms with Gasteiger partial charge in [-0.3, -0.25) is 4.79 Å². The van der Waals surface area contributed by atoms with Crippen LogP contribution in [0.5, 0.6) is 0 Å². The third-order valence-corrected chi connectivity index (χ3v) is 5.13. The Morgan fingerprint density at radius 3 is 2.61 bits per heavy atom. The lowest BCUT2D eigenvalue weighted by Gasteiger charge is -2.22. The maximum atomic E-state index is 12.6. The normalized spacial score (nSPS) is 23.8. The number of nitrogens with one attached hydrogen (secondary N) is 1. The van der Waals surface area contributed by atoms with Crippen molar-refractivity contribution < 1.29 is 9.53 Å². The molecule has 1 saturated heterocycles. The second kappa shape index (κ2) is 4.57. The second-order valence-corrected chi connectivity index (χ2v) is 7.75. The van der Waals surface area contributed by atoms with E-state index < -0.39 is 11.2 Å². The van der Waals surface area contributed by atoms with Crippen molar-refractivity contribution >= 4 is 22.8 Å². The minimum atomic E-state index is -0.741. The first-order chi connectivity index (χ1) is 10.8. The molecule has 0 atom stereocenters. The topological polar surface area (TPSA) is 42.1 Å². The molecule has 3 nitrogen and oxygen atoms in total. The molecule has 3 heteroatoms. The predicted molar refractivity (Wildman–Crippen MR) is 92.6 cm³/mol. The summed E-state index contributed by atoms with van der Waals surface area (Å²) < 4.78 is 5.96. The van der Waals surface area contributed by atoms with E-state index in [-0.39, 0.29) is 5.78 Å². The summed E-state index contributed by atoms with van der Waals surface area (Å²) in [4.78, 5) is 16.2. The van der Waals surface area contributed by atoms with Crippen molar-refractivity contribution in [3.63, 3.8) is 0 Å². The van der Waals surface area contributed by atoms with Gasteiger partial charge in [-0.05, 0) is 76.3 Å². The Hall–Kier alpha value is -1.87. The van der Waals surface area contributed by atoms with Crippen LogP contribution in [0.3, 0.4) is 0 Å². The molecule has 2 aromatic rings. The fraction of sp³-hybridized carbons (Fsp3) is 0.450. The Labute approximate surface area is 136 Å². The van der Waals surface area contributed by atoms with Gasteiger partial charge in [-0.2, -0.15) is 0 Å². The molecule has 1 aliphatic heterocycles. The molecular weight excluding hydrogens is 286 g/mol. The van der Waals surface area contributed by atoms with Gasteiger partial charge in [-0.1, -0.05) is 6.07 Å². The third kappa shape index (κ3) is 2.18. The number of aryl methyl sites for hydroxylation is 2. The maximum Gasteiger partial charge on any atom is 0.192 e. The number of rotatable bonds is 1. The van der Waals surface area contributed by atoms with Crippen molar-refractivity contribution in [3.8, 4) is 0 Å². The van der Waals surface area contributed by atoms with Crippen molar-refractivity contribution in [2.24, 2.45) is 0 Å². The van der Waals surface area contributed by atoms with Crippen LogP contribution in [-0.4, -0.2) is 22.0 Å². The Kier molecular flexibility index (Phi) is 2.92. The first-order valence-corrected chi connectivity index (χ1v) is 8.38. The highest BCUT2D eigenvalue weighted by atomic mass is 16.5. The minimum Gasteiger partial charge on any atom is -0.358 e. The number of ketones is 1. The molecule has 0 unspecified atom stereocenters. The van der Waals surface area contributed by atoms with E-state index in [9.17, 15) is 4.79 Å². The van der Waals surface area contributed by atoms with Crippen molar-refractivity contribution in [2.45, 2.75) is 58.2 Å². The van der Waals surface area contributed by atoms with Crippen LogP contribution in [0.25, 0.3) is 17.0 Å². The van der Waals surface area contributed by atoms with E-state index in [1.54, 1.807) is 0 Å². The molecule has 23 heavy (non-hydrogen) atoms. The van der Waals surface area contributed by atoms with E-state index in [1.807, 2.05) is 33.8 Å². The van der Waals surface area contributed by atoms with Gasteiger partial charge in [0.2, 0.25) is 0 Å². The van der Waals surface area contributed by atoms with Crippen LogP contribution in [0.2, 0.25) is 0 Å². The minimum absolute atomic E-state index is 0.0851. The second-order valence-electron chi connectivity index (χ2n) is 7.75. The number of carbonyl (C=O) groups excluding carboxylic acids is 1. The zero-order valence-electron chi connectivity index (χ0n) is 14.2. The van der Waals surface area contributed by atoms with Gasteiger partial charge in [0.15, 0.2) is 5.78 Å². The summed E-state index contributed by atoms with van der Waals surface area (Å²) in [6, 6.07) is 6.41. The van der Waals surface area contributed by atoms with Gasteiger partial charge in [0.25, 0.3) is 0 Å². The quantitative estimate of drug-likeness (QED) is 0.802. The predicted octanol–water partition coefficient (Wildman–Crippen LogP) is 4.20. The smallest absolute Gasteiger partial charge is 0.192 e. The van der Waals surface area contributed by atoms with E-state index in [2.05, 4.69) is 23.2 Å². The number of aromatic amines is 1. The van der Waals surface area contributed by atoms with E-state index >= 15 is 0 Å². The number of H-pyrrole nitrogens is 1. The first-order valence-electron chi connectivity index (χ1n) is 8.38. The lowest BCUT2D eigenvalue weighted by Crippen LogP contribution is -2.29. The molecular formula is C20H23NO2. The molecule has 1 aromatic carbocycles. The van der Waals surface area contributed by atoms with Gasteiger partial charge < -0.3 is 9.72 Å². The number of benzene rings is 1. The van der Waals surface area contributed by atoms with Gasteiger partial charge in [-0.15, -0.1) is 0 Å². The molecule has 0 spiro atoms. The number of carbonyl (C=O) groups is 1. The van der Waals surface area contributed by atoms with Gasteiger partial charge in [0, 0.05) is 22.2 Å². The fourth-order valence-electron chi connectivity index (χ4n) is 4.09. The van der Waals surface area contributed by atoms with Crippen LogP contribution >= 0.6 is 0 Å². The standard InChI is InChI=1S/C20H23NO2/c1-19(2)15(18(22)20(3,4)23-19)11-12-8-9-17-14(10-12)13-6-5-7-16(13)21-17/h8-11,21H,5-7H2,1-4H3/b15-11+. The highest BCUT2D eigenvalue weighted by molar-refractivity contribution is 6.08. The molecule has 1 fully saturated rings. The highest BCUT2D eigenvalue weighted by Gasteiger charge is 2.49. The summed E-state index contributed by atoms with van der Waals surface area (Å²) >= 11 is 0. The Morgan fingerprint density at radius 2 is 1.91 bits per heavy atom. The first kappa shape index (κ1) is 14.7. The zero-order valence-corrected chi connectivity index (χ0v) is 14.2. The third-order valence-electron chi connectivity index (χ3n) is 5.13. The molecule has 0 radical (unpaired) electrons. The lowest BCUT2D eigenvalue weighted by atomic mass is 9.90. The number of Topliss-reactive ketones (excluding diaryl/α,β-unsaturated/α-hetero) is 1. The molecule has 1 aliphatic carbocycles. The van der Waals surface area contributed by atoms with Crippen LogP contribution in [-0.2, 0) is 22.4 Å². The van der Waals surface area contributed by atoms with Crippen molar-refractivity contribution in [1.82, 2.24) is 4.98 Å². The molecule has 0 saturated carbocycles. The maximum absolute atomic E-state index is 12.6. The number of ether oxygens (including phenoxy) is 1. The molecule has 0 bridgehead atoms. The van der Waals surface area contributed by atoms with Crippen molar-refractivity contribution in [2.75, 3.05) is 0 Å². The van der Waals surface area contributed by atoms with Crippen LogP contribution in [0.1, 0.15) is 50.9 Å². The lowest BCUT2D eigenvalue weighted by molar-refractivity contribution is -0.132. The van der Waals surface area contributed by atoms with Crippen molar-refractivity contribution in [3.05, 3.63) is 40.6 Å². The summed E-state index contributed by atoms with van der Waals surface area (Å²) in [5.41, 5.74) is 4.58. The van der Waals surface area contributed by atoms with Crippen LogP contribution in [0, 0.1) is 0 Å². The molecule has 2 heterocycles. The van der Waals surface area contributed by atoms with E-state index in [1.165, 1.54) is 28.6 Å². The summed E-state index contributed by atoms with van der Waals surface area (Å²) in [5, 5.41) is 1.30. The number of fused-ring (bicyclic) bond motifs is 3. The molecule has 1 aromatic heterocycles. The number of aromatic nitrogens is 1. The SMILES string of the molecule is CC1(C)OC(C)(C)/C(=C/c2ccc3[nH]c4c(c3c2)CCC4)C1=O. The number of hydrogen-bond acceptors (Lipinski definition) is 2. The zero-order chi connectivity index (χ0) is 16.4. The Balaban J connectivity index is 1.82. The monoisotopic (exact) mass is 309 g/mol. The van der Waals surface area contributed by atoms with Gasteiger partial charge in [0.05, 0.1) is 5.60 Å². The largest absolute Gasteiger partial charge is 0.358 e. The summed E-state index contributed by atoms with van der Waals surface area (Å²) in [6.45, 7) is 7.64. The fourth-order valence-corrected chi connectivity index (χ4v) is 4.09. The van der Waals surface area contributed by atoms with Gasteiger partial charge in [-0.25, -0.2) is 0 Å². The summed E-state index contributed by atoms with van der Waals surface area (Å²) in [7, 11) is 0. The molecule has 120 valence electrons. The van der Waals surface area contributed by atoms with Crippen LogP contribution < -0.4 is 0 Å². The van der Waals surface area contributed by atoms with E-state index in [4.69, 9.17) is 4.74 Å². The molecule has 2 aliphatic rings. The molecule has 0 amide bonds. The molecule has 1 N–H and O–H groups in total. The van der Waals surface area contributed by atoms with Crippen molar-refractivity contribution in [1.29, 1.82) is 0 Å².